The van der Waals surface area contributed by atoms with Gasteiger partial charge < -0.3 is 9.51 Å². The molecule has 0 fully saturated rings. The summed E-state index contributed by atoms with van der Waals surface area (Å²) in [7, 11) is -4.16. The lowest BCUT2D eigenvalue weighted by atomic mass is 10.2. The molecule has 0 bridgehead atoms. The van der Waals surface area contributed by atoms with Gasteiger partial charge in [0.25, 0.3) is 10.0 Å². The van der Waals surface area contributed by atoms with Crippen LogP contribution in [-0.2, 0) is 16.2 Å². The fourth-order valence-corrected chi connectivity index (χ4v) is 3.28. The van der Waals surface area contributed by atoms with Gasteiger partial charge in [0.1, 0.15) is 4.90 Å². The van der Waals surface area contributed by atoms with Crippen LogP contribution in [0.3, 0.4) is 0 Å². The van der Waals surface area contributed by atoms with Gasteiger partial charge in [-0.15, -0.1) is 0 Å². The lowest BCUT2D eigenvalue weighted by molar-refractivity contribution is -0.155. The molecule has 0 amide bonds. The van der Waals surface area contributed by atoms with Gasteiger partial charge in [-0.05, 0) is 18.2 Å². The Morgan fingerprint density at radius 1 is 1.26 bits per heavy atom. The van der Waals surface area contributed by atoms with E-state index in [2.05, 4.69) is 14.7 Å². The number of H-pyrrole nitrogens is 1. The van der Waals surface area contributed by atoms with Crippen molar-refractivity contribution in [3.63, 3.8) is 0 Å². The van der Waals surface area contributed by atoms with E-state index in [1.807, 2.05) is 4.72 Å². The van der Waals surface area contributed by atoms with Crippen molar-refractivity contribution in [2.75, 3.05) is 4.72 Å². The van der Waals surface area contributed by atoms with Gasteiger partial charge in [-0.2, -0.15) is 13.2 Å². The molecule has 2 heterocycles. The van der Waals surface area contributed by atoms with Crippen LogP contribution in [0.1, 0.15) is 5.76 Å². The van der Waals surface area contributed by atoms with Crippen LogP contribution in [0.4, 0.5) is 19.0 Å². The molecule has 3 aromatic rings. The predicted molar refractivity (Wildman–Crippen MR) is 75.6 cm³/mol. The largest absolute Gasteiger partial charge is 0.452 e. The predicted octanol–water partition coefficient (Wildman–Crippen LogP) is 3.63. The quantitative estimate of drug-likeness (QED) is 0.742. The van der Waals surface area contributed by atoms with E-state index in [9.17, 15) is 21.6 Å². The van der Waals surface area contributed by atoms with Gasteiger partial charge in [0.05, 0.1) is 0 Å². The van der Waals surface area contributed by atoms with Crippen molar-refractivity contribution in [2.45, 2.75) is 11.1 Å². The molecule has 1 aromatic carbocycles. The van der Waals surface area contributed by atoms with Crippen LogP contribution in [-0.4, -0.2) is 18.6 Å². The highest BCUT2D eigenvalue weighted by atomic mass is 35.5. The van der Waals surface area contributed by atoms with E-state index >= 15 is 0 Å². The van der Waals surface area contributed by atoms with Gasteiger partial charge in [-0.1, -0.05) is 16.8 Å². The molecule has 3 rings (SSSR count). The van der Waals surface area contributed by atoms with Crippen LogP contribution in [0.5, 0.6) is 0 Å². The molecule has 2 N–H and O–H groups in total. The number of halogens is 4. The zero-order chi connectivity index (χ0) is 16.8. The summed E-state index contributed by atoms with van der Waals surface area (Å²) in [6.07, 6.45) is -3.55. The Labute approximate surface area is 132 Å². The van der Waals surface area contributed by atoms with E-state index in [4.69, 9.17) is 11.6 Å². The van der Waals surface area contributed by atoms with E-state index in [1.54, 1.807) is 0 Å². The third-order valence-corrected chi connectivity index (χ3v) is 4.55. The average Bonchev–Trinajstić information content (AvgIpc) is 3.03. The minimum absolute atomic E-state index is 0.152. The van der Waals surface area contributed by atoms with Crippen LogP contribution in [0, 0.1) is 0 Å². The van der Waals surface area contributed by atoms with E-state index in [1.165, 1.54) is 24.4 Å². The van der Waals surface area contributed by atoms with Gasteiger partial charge in [-0.3, -0.25) is 4.72 Å². The molecule has 122 valence electrons. The van der Waals surface area contributed by atoms with Crippen molar-refractivity contribution in [1.82, 2.24) is 10.1 Å². The lowest BCUT2D eigenvalue weighted by Crippen LogP contribution is -2.12. The molecule has 0 radical (unpaired) electrons. The summed E-state index contributed by atoms with van der Waals surface area (Å²) >= 11 is 5.80. The Kier molecular flexibility index (Phi) is 3.52. The SMILES string of the molecule is O=S(=O)(Nc1cc(C(F)(F)F)on1)c1c[nH]c2cc(Cl)ccc12. The molecule has 0 aliphatic carbocycles. The van der Waals surface area contributed by atoms with Gasteiger partial charge >= 0.3 is 6.18 Å². The van der Waals surface area contributed by atoms with Crippen molar-refractivity contribution in [3.8, 4) is 0 Å². The van der Waals surface area contributed by atoms with Gasteiger partial charge in [0.15, 0.2) is 5.82 Å². The van der Waals surface area contributed by atoms with E-state index < -0.39 is 27.8 Å². The Morgan fingerprint density at radius 2 is 2.00 bits per heavy atom. The lowest BCUT2D eigenvalue weighted by Gasteiger charge is -2.03. The van der Waals surface area contributed by atoms with E-state index in [0.717, 1.165) is 0 Å². The molecular weight excluding hydrogens is 359 g/mol. The zero-order valence-corrected chi connectivity index (χ0v) is 12.6. The second-order valence-corrected chi connectivity index (χ2v) is 6.61. The first-order chi connectivity index (χ1) is 10.7. The van der Waals surface area contributed by atoms with Crippen molar-refractivity contribution >= 4 is 38.3 Å². The molecule has 0 saturated heterocycles. The fraction of sp³-hybridized carbons (Fsp3) is 0.0833. The van der Waals surface area contributed by atoms with Crippen molar-refractivity contribution in [2.24, 2.45) is 0 Å². The van der Waals surface area contributed by atoms with Crippen LogP contribution in [0.15, 0.2) is 39.9 Å². The second kappa shape index (κ2) is 5.17. The van der Waals surface area contributed by atoms with Crippen LogP contribution >= 0.6 is 11.6 Å². The Bertz CT molecular complexity index is 978. The highest BCUT2D eigenvalue weighted by Crippen LogP contribution is 2.32. The monoisotopic (exact) mass is 365 g/mol. The first-order valence-electron chi connectivity index (χ1n) is 6.00. The molecule has 23 heavy (non-hydrogen) atoms. The minimum Gasteiger partial charge on any atom is -0.360 e. The maximum absolute atomic E-state index is 12.4. The summed E-state index contributed by atoms with van der Waals surface area (Å²) in [6, 6.07) is 4.96. The third kappa shape index (κ3) is 2.99. The molecule has 6 nitrogen and oxygen atoms in total. The second-order valence-electron chi connectivity index (χ2n) is 4.52. The standard InChI is InChI=1S/C12H7ClF3N3O3S/c13-6-1-2-7-8(3-6)17-5-9(7)23(20,21)19-11-4-10(22-18-11)12(14,15)16/h1-5,17H,(H,18,19). The maximum Gasteiger partial charge on any atom is 0.452 e. The number of sulfonamides is 1. The number of nitrogens with zero attached hydrogens (tertiary/aromatic N) is 1. The minimum atomic E-state index is -4.76. The van der Waals surface area contributed by atoms with E-state index in [-0.39, 0.29) is 4.90 Å². The maximum atomic E-state index is 12.4. The number of anilines is 1. The van der Waals surface area contributed by atoms with Crippen molar-refractivity contribution in [3.05, 3.63) is 41.2 Å². The number of benzene rings is 1. The van der Waals surface area contributed by atoms with Crippen molar-refractivity contribution < 1.29 is 26.1 Å². The smallest absolute Gasteiger partial charge is 0.360 e. The highest BCUT2D eigenvalue weighted by molar-refractivity contribution is 7.93. The Hall–Kier alpha value is -2.20. The molecule has 0 spiro atoms. The molecular formula is C12H7ClF3N3O3S. The fourth-order valence-electron chi connectivity index (χ4n) is 1.94. The van der Waals surface area contributed by atoms with Gasteiger partial charge in [0.2, 0.25) is 5.76 Å². The Balaban J connectivity index is 1.96. The molecule has 0 atom stereocenters. The topological polar surface area (TPSA) is 88.0 Å². The number of hydrogen-bond acceptors (Lipinski definition) is 4. The normalized spacial score (nSPS) is 12.7. The number of rotatable bonds is 3. The average molecular weight is 366 g/mol. The number of alkyl halides is 3. The molecule has 0 aliphatic rings. The van der Waals surface area contributed by atoms with E-state index in [0.29, 0.717) is 22.0 Å². The number of aromatic nitrogens is 2. The van der Waals surface area contributed by atoms with Gasteiger partial charge in [0, 0.05) is 28.2 Å². The molecule has 0 aliphatic heterocycles. The molecule has 2 aromatic heterocycles. The molecule has 0 unspecified atom stereocenters. The highest BCUT2D eigenvalue weighted by Gasteiger charge is 2.36. The molecule has 0 saturated carbocycles. The van der Waals surface area contributed by atoms with Crippen LogP contribution < -0.4 is 4.72 Å². The number of aromatic amines is 1. The number of fused-ring (bicyclic) bond motifs is 1. The first kappa shape index (κ1) is 15.7. The first-order valence-corrected chi connectivity index (χ1v) is 7.86. The van der Waals surface area contributed by atoms with Crippen LogP contribution in [0.2, 0.25) is 5.02 Å². The summed E-state index contributed by atoms with van der Waals surface area (Å²) < 4.78 is 67.9. The summed E-state index contributed by atoms with van der Waals surface area (Å²) in [6.45, 7) is 0. The van der Waals surface area contributed by atoms with Crippen LogP contribution in [0.25, 0.3) is 10.9 Å². The molecule has 11 heteroatoms. The van der Waals surface area contributed by atoms with Crippen molar-refractivity contribution in [1.29, 1.82) is 0 Å². The van der Waals surface area contributed by atoms with Gasteiger partial charge in [-0.25, -0.2) is 8.42 Å². The Morgan fingerprint density at radius 3 is 2.65 bits per heavy atom. The summed E-state index contributed by atoms with van der Waals surface area (Å²) in [5.41, 5.74) is 0.467. The number of nitrogens with one attached hydrogen (secondary N) is 2. The summed E-state index contributed by atoms with van der Waals surface area (Å²) in [5, 5.41) is 3.80. The summed E-state index contributed by atoms with van der Waals surface area (Å²) in [4.78, 5) is 2.57. The number of hydrogen-bond donors (Lipinski definition) is 2. The third-order valence-electron chi connectivity index (χ3n) is 2.92. The zero-order valence-electron chi connectivity index (χ0n) is 11.0. The summed E-state index contributed by atoms with van der Waals surface area (Å²) in [5.74, 6) is -1.97.